The van der Waals surface area contributed by atoms with Gasteiger partial charge in [-0.2, -0.15) is 0 Å². The fraction of sp³-hybridized carbons (Fsp3) is 0.533. The molecular formula is C15H20O5S. The number of aliphatic hydroxyl groups is 1. The first-order valence-corrected chi connectivity index (χ1v) is 7.96. The molecule has 1 heterocycles. The number of carbonyl (C=O) groups is 1. The Hall–Kier alpha value is -1.24. The van der Waals surface area contributed by atoms with E-state index < -0.39 is 10.9 Å². The Labute approximate surface area is 128 Å². The van der Waals surface area contributed by atoms with Crippen molar-refractivity contribution < 1.29 is 24.1 Å². The summed E-state index contributed by atoms with van der Waals surface area (Å²) in [4.78, 5) is 11.8. The molecule has 0 aliphatic carbocycles. The van der Waals surface area contributed by atoms with Gasteiger partial charge in [0, 0.05) is 6.42 Å². The summed E-state index contributed by atoms with van der Waals surface area (Å²) in [5, 5.41) is 10.3. The molecule has 1 fully saturated rings. The van der Waals surface area contributed by atoms with Crippen molar-refractivity contribution in [3.8, 4) is 5.75 Å². The Balaban J connectivity index is 1.85. The lowest BCUT2D eigenvalue weighted by Gasteiger charge is -2.27. The zero-order valence-electron chi connectivity index (χ0n) is 12.2. The van der Waals surface area contributed by atoms with Gasteiger partial charge in [0.2, 0.25) is 0 Å². The van der Waals surface area contributed by atoms with Crippen molar-refractivity contribution in [2.75, 3.05) is 26.6 Å². The summed E-state index contributed by atoms with van der Waals surface area (Å²) < 4.78 is 14.7. The number of benzene rings is 1. The van der Waals surface area contributed by atoms with E-state index in [1.165, 1.54) is 11.8 Å². The zero-order valence-corrected chi connectivity index (χ0v) is 13.0. The summed E-state index contributed by atoms with van der Waals surface area (Å²) in [7, 11) is 1.62. The monoisotopic (exact) mass is 312 g/mol. The van der Waals surface area contributed by atoms with Gasteiger partial charge >= 0.3 is 5.97 Å². The van der Waals surface area contributed by atoms with Crippen LogP contribution in [0.25, 0.3) is 0 Å². The average molecular weight is 312 g/mol. The molecular weight excluding hydrogens is 292 g/mol. The number of esters is 1. The van der Waals surface area contributed by atoms with Gasteiger partial charge in [0.1, 0.15) is 16.6 Å². The summed E-state index contributed by atoms with van der Waals surface area (Å²) >= 11 is 1.33. The number of ether oxygens (including phenoxy) is 3. The highest BCUT2D eigenvalue weighted by Gasteiger charge is 2.50. The van der Waals surface area contributed by atoms with E-state index in [0.717, 1.165) is 11.3 Å². The molecule has 0 bridgehead atoms. The maximum Gasteiger partial charge on any atom is 0.325 e. The maximum atomic E-state index is 11.8. The minimum atomic E-state index is -0.889. The first kappa shape index (κ1) is 16.1. The molecule has 5 nitrogen and oxygen atoms in total. The molecule has 0 saturated carbocycles. The van der Waals surface area contributed by atoms with E-state index in [2.05, 4.69) is 0 Å². The van der Waals surface area contributed by atoms with Gasteiger partial charge in [-0.25, -0.2) is 0 Å². The van der Waals surface area contributed by atoms with Crippen LogP contribution in [0.1, 0.15) is 12.0 Å². The molecule has 1 aliphatic rings. The van der Waals surface area contributed by atoms with Crippen LogP contribution in [-0.2, 0) is 20.9 Å². The second-order valence-electron chi connectivity index (χ2n) is 4.86. The maximum absolute atomic E-state index is 11.8. The van der Waals surface area contributed by atoms with Gasteiger partial charge in [-0.1, -0.05) is 12.1 Å². The number of carbonyl (C=O) groups excluding carboxylic acids is 1. The first-order chi connectivity index (χ1) is 10.1. The standard InChI is InChI=1S/C15H20O5S/c1-18-12-5-3-11(4-6-12)9-19-10-13(16)15(21-2)7-8-20-14(15)17/h3-6,13,16H,7-10H2,1-2H3/t13-,15+/m0/s1. The summed E-state index contributed by atoms with van der Waals surface area (Å²) in [6.45, 7) is 0.831. The molecule has 1 aliphatic heterocycles. The Morgan fingerprint density at radius 2 is 2.14 bits per heavy atom. The SMILES string of the molecule is COc1ccc(COC[C@H](O)[C@]2(SC)CCOC2=O)cc1. The Morgan fingerprint density at radius 1 is 1.43 bits per heavy atom. The van der Waals surface area contributed by atoms with Gasteiger partial charge in [-0.05, 0) is 24.0 Å². The van der Waals surface area contributed by atoms with Crippen LogP contribution in [-0.4, -0.2) is 48.5 Å². The molecule has 21 heavy (non-hydrogen) atoms. The lowest BCUT2D eigenvalue weighted by molar-refractivity contribution is -0.143. The third kappa shape index (κ3) is 3.51. The third-order valence-electron chi connectivity index (χ3n) is 3.66. The second kappa shape index (κ2) is 7.15. The fourth-order valence-corrected chi connectivity index (χ4v) is 3.14. The van der Waals surface area contributed by atoms with Crippen molar-refractivity contribution in [3.05, 3.63) is 29.8 Å². The molecule has 2 atom stereocenters. The quantitative estimate of drug-likeness (QED) is 0.772. The van der Waals surface area contributed by atoms with Crippen LogP contribution in [0.2, 0.25) is 0 Å². The van der Waals surface area contributed by atoms with Crippen molar-refractivity contribution in [2.45, 2.75) is 23.9 Å². The molecule has 1 aromatic rings. The molecule has 1 aromatic carbocycles. The highest BCUT2D eigenvalue weighted by Crippen LogP contribution is 2.36. The molecule has 0 amide bonds. The molecule has 116 valence electrons. The number of rotatable bonds is 7. The first-order valence-electron chi connectivity index (χ1n) is 6.73. The second-order valence-corrected chi connectivity index (χ2v) is 6.00. The van der Waals surface area contributed by atoms with Gasteiger partial charge in [-0.3, -0.25) is 4.79 Å². The lowest BCUT2D eigenvalue weighted by atomic mass is 10.0. The van der Waals surface area contributed by atoms with E-state index >= 15 is 0 Å². The number of cyclic esters (lactones) is 1. The minimum absolute atomic E-state index is 0.0992. The Morgan fingerprint density at radius 3 is 2.67 bits per heavy atom. The van der Waals surface area contributed by atoms with Crippen LogP contribution < -0.4 is 4.74 Å². The third-order valence-corrected chi connectivity index (χ3v) is 5.03. The van der Waals surface area contributed by atoms with Crippen molar-refractivity contribution in [3.63, 3.8) is 0 Å². The highest BCUT2D eigenvalue weighted by molar-refractivity contribution is 8.00. The van der Waals surface area contributed by atoms with Crippen LogP contribution >= 0.6 is 11.8 Å². The summed E-state index contributed by atoms with van der Waals surface area (Å²) in [6, 6.07) is 7.51. The van der Waals surface area contributed by atoms with Gasteiger partial charge in [0.15, 0.2) is 0 Å². The number of thioether (sulfide) groups is 1. The largest absolute Gasteiger partial charge is 0.497 e. The predicted octanol–water partition coefficient (Wildman–Crippen LogP) is 1.62. The zero-order chi connectivity index (χ0) is 15.3. The van der Waals surface area contributed by atoms with Gasteiger partial charge in [0.05, 0.1) is 26.9 Å². The molecule has 0 radical (unpaired) electrons. The molecule has 1 saturated heterocycles. The Bertz CT molecular complexity index is 475. The van der Waals surface area contributed by atoms with Crippen molar-refractivity contribution in [2.24, 2.45) is 0 Å². The highest BCUT2D eigenvalue weighted by atomic mass is 32.2. The van der Waals surface area contributed by atoms with E-state index in [1.807, 2.05) is 24.3 Å². The smallest absolute Gasteiger partial charge is 0.325 e. The van der Waals surface area contributed by atoms with Crippen molar-refractivity contribution in [1.29, 1.82) is 0 Å². The molecule has 6 heteroatoms. The van der Waals surface area contributed by atoms with E-state index in [9.17, 15) is 9.90 Å². The summed E-state index contributed by atoms with van der Waals surface area (Å²) in [5.41, 5.74) is 0.982. The number of hydrogen-bond donors (Lipinski definition) is 1. The number of aliphatic hydroxyl groups excluding tert-OH is 1. The van der Waals surface area contributed by atoms with Crippen molar-refractivity contribution >= 4 is 17.7 Å². The van der Waals surface area contributed by atoms with E-state index in [1.54, 1.807) is 13.4 Å². The van der Waals surface area contributed by atoms with Gasteiger partial charge in [-0.15, -0.1) is 11.8 Å². The molecule has 1 N–H and O–H groups in total. The normalized spacial score (nSPS) is 22.9. The van der Waals surface area contributed by atoms with Gasteiger partial charge < -0.3 is 19.3 Å². The van der Waals surface area contributed by atoms with Crippen LogP contribution in [0, 0.1) is 0 Å². The number of hydrogen-bond acceptors (Lipinski definition) is 6. The summed E-state index contributed by atoms with van der Waals surface area (Å²) in [5.74, 6) is 0.435. The van der Waals surface area contributed by atoms with Crippen LogP contribution in [0.3, 0.4) is 0 Å². The topological polar surface area (TPSA) is 65.0 Å². The van der Waals surface area contributed by atoms with E-state index in [4.69, 9.17) is 14.2 Å². The fourth-order valence-electron chi connectivity index (χ4n) is 2.29. The molecule has 0 spiro atoms. The Kier molecular flexibility index (Phi) is 5.50. The number of methoxy groups -OCH3 is 1. The van der Waals surface area contributed by atoms with Crippen LogP contribution in [0.5, 0.6) is 5.75 Å². The molecule has 0 aromatic heterocycles. The van der Waals surface area contributed by atoms with Crippen LogP contribution in [0.15, 0.2) is 24.3 Å². The molecule has 2 rings (SSSR count). The van der Waals surface area contributed by atoms with Crippen LogP contribution in [0.4, 0.5) is 0 Å². The van der Waals surface area contributed by atoms with E-state index in [0.29, 0.717) is 19.6 Å². The predicted molar refractivity (Wildman–Crippen MR) is 80.5 cm³/mol. The van der Waals surface area contributed by atoms with E-state index in [-0.39, 0.29) is 12.6 Å². The lowest BCUT2D eigenvalue weighted by Crippen LogP contribution is -2.45. The minimum Gasteiger partial charge on any atom is -0.497 e. The van der Waals surface area contributed by atoms with Gasteiger partial charge in [0.25, 0.3) is 0 Å². The summed E-state index contributed by atoms with van der Waals surface area (Å²) in [6.07, 6.45) is 1.44. The molecule has 0 unspecified atom stereocenters. The average Bonchev–Trinajstić information content (AvgIpc) is 2.90. The van der Waals surface area contributed by atoms with Crippen molar-refractivity contribution in [1.82, 2.24) is 0 Å².